The second-order valence-electron chi connectivity index (χ2n) is 3.88. The van der Waals surface area contributed by atoms with E-state index in [1.807, 2.05) is 30.5 Å². The molecule has 0 saturated carbocycles. The highest BCUT2D eigenvalue weighted by Gasteiger charge is 2.01. The molecule has 2 rings (SSSR count). The summed E-state index contributed by atoms with van der Waals surface area (Å²) in [6, 6.07) is 7.86. The molecular formula is C13H16ClN3S. The second-order valence-corrected chi connectivity index (χ2v) is 5.36. The lowest BCUT2D eigenvalue weighted by molar-refractivity contribution is 0.713. The van der Waals surface area contributed by atoms with E-state index in [1.54, 1.807) is 11.8 Å². The van der Waals surface area contributed by atoms with Crippen molar-refractivity contribution in [2.75, 3.05) is 6.54 Å². The Hall–Kier alpha value is -0.970. The number of H-pyrrole nitrogens is 1. The molecule has 0 saturated heterocycles. The minimum Gasteiger partial charge on any atom is -0.344 e. The molecule has 0 aliphatic carbocycles. The lowest BCUT2D eigenvalue weighted by Gasteiger charge is -2.00. The predicted molar refractivity (Wildman–Crippen MR) is 77.0 cm³/mol. The van der Waals surface area contributed by atoms with Crippen LogP contribution in [0.3, 0.4) is 0 Å². The van der Waals surface area contributed by atoms with Crippen molar-refractivity contribution in [1.82, 2.24) is 15.3 Å². The van der Waals surface area contributed by atoms with E-state index in [0.29, 0.717) is 0 Å². The highest BCUT2D eigenvalue weighted by atomic mass is 35.5. The monoisotopic (exact) mass is 281 g/mol. The van der Waals surface area contributed by atoms with Gasteiger partial charge in [-0.2, -0.15) is 0 Å². The smallest absolute Gasteiger partial charge is 0.116 e. The van der Waals surface area contributed by atoms with Gasteiger partial charge in [-0.25, -0.2) is 4.98 Å². The van der Waals surface area contributed by atoms with Gasteiger partial charge in [0.15, 0.2) is 0 Å². The summed E-state index contributed by atoms with van der Waals surface area (Å²) in [5.41, 5.74) is 1.13. The van der Waals surface area contributed by atoms with E-state index in [4.69, 9.17) is 11.6 Å². The van der Waals surface area contributed by atoms with Crippen molar-refractivity contribution < 1.29 is 0 Å². The van der Waals surface area contributed by atoms with Crippen LogP contribution in [0.15, 0.2) is 35.4 Å². The summed E-state index contributed by atoms with van der Waals surface area (Å²) in [4.78, 5) is 8.87. The number of benzene rings is 1. The lowest BCUT2D eigenvalue weighted by atomic mass is 10.4. The molecule has 0 radical (unpaired) electrons. The van der Waals surface area contributed by atoms with Crippen LogP contribution in [0.1, 0.15) is 18.4 Å². The van der Waals surface area contributed by atoms with Crippen LogP contribution in [-0.2, 0) is 12.3 Å². The predicted octanol–water partition coefficient (Wildman–Crippen LogP) is 3.46. The van der Waals surface area contributed by atoms with Crippen molar-refractivity contribution in [3.63, 3.8) is 0 Å². The van der Waals surface area contributed by atoms with E-state index in [0.717, 1.165) is 35.4 Å². The Morgan fingerprint density at radius 1 is 1.33 bits per heavy atom. The van der Waals surface area contributed by atoms with Gasteiger partial charge in [0.05, 0.1) is 5.75 Å². The fraction of sp³-hybridized carbons (Fsp3) is 0.308. The van der Waals surface area contributed by atoms with E-state index in [9.17, 15) is 0 Å². The third kappa shape index (κ3) is 4.05. The molecule has 0 spiro atoms. The number of hydrogen-bond donors (Lipinski definition) is 2. The minimum atomic E-state index is 0.769. The maximum absolute atomic E-state index is 5.85. The zero-order valence-corrected chi connectivity index (χ0v) is 11.8. The van der Waals surface area contributed by atoms with Gasteiger partial charge in [0, 0.05) is 28.4 Å². The molecule has 0 bridgehead atoms. The molecule has 1 heterocycles. The van der Waals surface area contributed by atoms with Gasteiger partial charge in [0.25, 0.3) is 0 Å². The van der Waals surface area contributed by atoms with Gasteiger partial charge in [-0.05, 0) is 30.8 Å². The molecule has 0 unspecified atom stereocenters. The molecule has 0 atom stereocenters. The van der Waals surface area contributed by atoms with Crippen LogP contribution < -0.4 is 5.32 Å². The van der Waals surface area contributed by atoms with E-state index >= 15 is 0 Å². The number of imidazole rings is 1. The summed E-state index contributed by atoms with van der Waals surface area (Å²) < 4.78 is 0. The van der Waals surface area contributed by atoms with Crippen molar-refractivity contribution in [2.45, 2.75) is 24.1 Å². The summed E-state index contributed by atoms with van der Waals surface area (Å²) in [6.45, 7) is 3.90. The van der Waals surface area contributed by atoms with Crippen molar-refractivity contribution >= 4 is 23.4 Å². The molecule has 0 amide bonds. The third-order valence-corrected chi connectivity index (χ3v) is 3.71. The van der Waals surface area contributed by atoms with Crippen LogP contribution in [-0.4, -0.2) is 16.5 Å². The number of nitrogens with zero attached hydrogens (tertiary/aromatic N) is 1. The van der Waals surface area contributed by atoms with Crippen molar-refractivity contribution in [3.8, 4) is 0 Å². The molecule has 1 aromatic heterocycles. The Balaban J connectivity index is 1.86. The average molecular weight is 282 g/mol. The van der Waals surface area contributed by atoms with E-state index in [-0.39, 0.29) is 0 Å². The second kappa shape index (κ2) is 6.83. The molecule has 96 valence electrons. The van der Waals surface area contributed by atoms with Gasteiger partial charge < -0.3 is 10.3 Å². The molecule has 1 aromatic carbocycles. The molecule has 18 heavy (non-hydrogen) atoms. The Morgan fingerprint density at radius 3 is 2.83 bits per heavy atom. The minimum absolute atomic E-state index is 0.769. The van der Waals surface area contributed by atoms with Gasteiger partial charge in [-0.1, -0.05) is 18.5 Å². The molecule has 2 aromatic rings. The van der Waals surface area contributed by atoms with Crippen LogP contribution in [0.2, 0.25) is 5.02 Å². The van der Waals surface area contributed by atoms with E-state index in [1.165, 1.54) is 4.90 Å². The van der Waals surface area contributed by atoms with Gasteiger partial charge in [-0.15, -0.1) is 11.8 Å². The fourth-order valence-electron chi connectivity index (χ4n) is 1.51. The molecule has 5 heteroatoms. The first-order valence-electron chi connectivity index (χ1n) is 5.89. The van der Waals surface area contributed by atoms with Crippen LogP contribution in [0.4, 0.5) is 0 Å². The largest absolute Gasteiger partial charge is 0.344 e. The summed E-state index contributed by atoms with van der Waals surface area (Å²) in [5, 5.41) is 4.03. The molecule has 2 N–H and O–H groups in total. The average Bonchev–Trinajstić information content (AvgIpc) is 2.84. The van der Waals surface area contributed by atoms with Crippen molar-refractivity contribution in [1.29, 1.82) is 0 Å². The van der Waals surface area contributed by atoms with Gasteiger partial charge in [0.1, 0.15) is 5.82 Å². The number of thioether (sulfide) groups is 1. The highest BCUT2D eigenvalue weighted by Crippen LogP contribution is 2.23. The Bertz CT molecular complexity index is 481. The van der Waals surface area contributed by atoms with Gasteiger partial charge in [0.2, 0.25) is 0 Å². The fourth-order valence-corrected chi connectivity index (χ4v) is 2.42. The topological polar surface area (TPSA) is 40.7 Å². The Morgan fingerprint density at radius 2 is 2.11 bits per heavy atom. The zero-order valence-electron chi connectivity index (χ0n) is 10.2. The number of nitrogens with one attached hydrogen (secondary N) is 2. The Kier molecular flexibility index (Phi) is 5.11. The summed E-state index contributed by atoms with van der Waals surface area (Å²) in [6.07, 6.45) is 1.89. The summed E-state index contributed by atoms with van der Waals surface area (Å²) in [7, 11) is 0. The lowest BCUT2D eigenvalue weighted by Crippen LogP contribution is -2.11. The SMILES string of the molecule is CCNCc1cnc(CSc2ccc(Cl)cc2)[nH]1. The molecule has 0 aliphatic heterocycles. The summed E-state index contributed by atoms with van der Waals surface area (Å²) in [5.74, 6) is 1.84. The van der Waals surface area contributed by atoms with Crippen LogP contribution in [0, 0.1) is 0 Å². The van der Waals surface area contributed by atoms with Crippen molar-refractivity contribution in [2.24, 2.45) is 0 Å². The zero-order chi connectivity index (χ0) is 12.8. The maximum Gasteiger partial charge on any atom is 0.116 e. The first-order valence-corrected chi connectivity index (χ1v) is 7.26. The van der Waals surface area contributed by atoms with Crippen LogP contribution >= 0.6 is 23.4 Å². The van der Waals surface area contributed by atoms with E-state index < -0.39 is 0 Å². The first kappa shape index (κ1) is 13.5. The number of rotatable bonds is 6. The number of halogens is 1. The number of aromatic nitrogens is 2. The molecule has 0 aliphatic rings. The number of aromatic amines is 1. The number of hydrogen-bond acceptors (Lipinski definition) is 3. The van der Waals surface area contributed by atoms with Crippen LogP contribution in [0.25, 0.3) is 0 Å². The van der Waals surface area contributed by atoms with Gasteiger partial charge in [-0.3, -0.25) is 0 Å². The maximum atomic E-state index is 5.85. The van der Waals surface area contributed by atoms with Gasteiger partial charge >= 0.3 is 0 Å². The first-order chi connectivity index (χ1) is 8.78. The third-order valence-electron chi connectivity index (χ3n) is 2.44. The van der Waals surface area contributed by atoms with Crippen molar-refractivity contribution in [3.05, 3.63) is 47.0 Å². The van der Waals surface area contributed by atoms with E-state index in [2.05, 4.69) is 22.2 Å². The Labute approximate surface area is 116 Å². The quantitative estimate of drug-likeness (QED) is 0.797. The molecule has 0 fully saturated rings. The normalized spacial score (nSPS) is 10.8. The molecular weight excluding hydrogens is 266 g/mol. The molecule has 3 nitrogen and oxygen atoms in total. The summed E-state index contributed by atoms with van der Waals surface area (Å²) >= 11 is 7.59. The van der Waals surface area contributed by atoms with Crippen LogP contribution in [0.5, 0.6) is 0 Å². The highest BCUT2D eigenvalue weighted by molar-refractivity contribution is 7.98. The standard InChI is InChI=1S/C13H16ClN3S/c1-2-15-7-11-8-16-13(17-11)9-18-12-5-3-10(14)4-6-12/h3-6,8,15H,2,7,9H2,1H3,(H,16,17).